The lowest BCUT2D eigenvalue weighted by Gasteiger charge is -2.18. The number of hydrogen-bond acceptors (Lipinski definition) is 1. The Kier molecular flexibility index (Phi) is 4.28. The van der Waals surface area contributed by atoms with E-state index >= 15 is 0 Å². The molecule has 0 amide bonds. The molecule has 0 saturated carbocycles. The molecule has 1 atom stereocenters. The van der Waals surface area contributed by atoms with Crippen molar-refractivity contribution in [3.8, 4) is 0 Å². The lowest BCUT2D eigenvalue weighted by Crippen LogP contribution is -2.25. The van der Waals surface area contributed by atoms with Crippen LogP contribution in [-0.4, -0.2) is 24.0 Å². The Morgan fingerprint density at radius 3 is 2.50 bits per heavy atom. The second-order valence-corrected chi connectivity index (χ2v) is 3.08. The van der Waals surface area contributed by atoms with Crippen molar-refractivity contribution in [1.29, 1.82) is 0 Å². The summed E-state index contributed by atoms with van der Waals surface area (Å²) in [6.45, 7) is 5.78. The number of hydrogen-bond donors (Lipinski definition) is 0. The monoisotopic (exact) mass is 157 g/mol. The number of allylic oxidation sites excluding steroid dienone is 1. The number of rotatable bonds is 3. The topological polar surface area (TPSA) is 3.24 Å². The lowest BCUT2D eigenvalue weighted by atomic mass is 10.1. The molecule has 0 spiro atoms. The van der Waals surface area contributed by atoms with E-state index < -0.39 is 0 Å². The van der Waals surface area contributed by atoms with E-state index in [2.05, 4.69) is 13.5 Å². The van der Waals surface area contributed by atoms with Crippen molar-refractivity contribution >= 4 is 17.2 Å². The predicted molar refractivity (Wildman–Crippen MR) is 50.3 cm³/mol. The largest absolute Gasteiger partial charge is 0.372 e. The van der Waals surface area contributed by atoms with E-state index in [1.54, 1.807) is 0 Å². The van der Waals surface area contributed by atoms with Crippen LogP contribution >= 0.6 is 12.2 Å². The Morgan fingerprint density at radius 1 is 1.70 bits per heavy atom. The van der Waals surface area contributed by atoms with Gasteiger partial charge in [0.25, 0.3) is 0 Å². The van der Waals surface area contributed by atoms with Gasteiger partial charge >= 0.3 is 0 Å². The van der Waals surface area contributed by atoms with Gasteiger partial charge in [-0.05, 0) is 6.42 Å². The molecule has 0 aromatic carbocycles. The highest BCUT2D eigenvalue weighted by Gasteiger charge is 2.07. The summed E-state index contributed by atoms with van der Waals surface area (Å²) in [6, 6.07) is 0. The van der Waals surface area contributed by atoms with E-state index in [-0.39, 0.29) is 0 Å². The van der Waals surface area contributed by atoms with Crippen LogP contribution in [0.15, 0.2) is 12.7 Å². The predicted octanol–water partition coefficient (Wildman–Crippen LogP) is 2.09. The van der Waals surface area contributed by atoms with Crippen molar-refractivity contribution in [3.05, 3.63) is 12.7 Å². The Balaban J connectivity index is 3.81. The van der Waals surface area contributed by atoms with Crippen molar-refractivity contribution in [1.82, 2.24) is 4.90 Å². The zero-order valence-electron chi connectivity index (χ0n) is 6.92. The third-order valence-corrected chi connectivity index (χ3v) is 2.15. The molecule has 0 aromatic rings. The Labute approximate surface area is 68.7 Å². The van der Waals surface area contributed by atoms with Crippen molar-refractivity contribution in [2.75, 3.05) is 14.1 Å². The fourth-order valence-electron chi connectivity index (χ4n) is 0.792. The molecule has 0 rings (SSSR count). The van der Waals surface area contributed by atoms with Crippen molar-refractivity contribution in [3.63, 3.8) is 0 Å². The van der Waals surface area contributed by atoms with Gasteiger partial charge in [-0.3, -0.25) is 0 Å². The number of nitrogens with zero attached hydrogens (tertiary/aromatic N) is 1. The van der Waals surface area contributed by atoms with E-state index in [4.69, 9.17) is 12.2 Å². The van der Waals surface area contributed by atoms with Crippen LogP contribution in [0.1, 0.15) is 13.3 Å². The molecule has 2 heteroatoms. The van der Waals surface area contributed by atoms with E-state index in [0.29, 0.717) is 5.92 Å². The molecule has 0 aliphatic carbocycles. The third-order valence-electron chi connectivity index (χ3n) is 1.38. The van der Waals surface area contributed by atoms with Crippen LogP contribution in [0.4, 0.5) is 0 Å². The molecule has 0 radical (unpaired) electrons. The zero-order valence-corrected chi connectivity index (χ0v) is 7.74. The van der Waals surface area contributed by atoms with Crippen LogP contribution in [0.25, 0.3) is 0 Å². The fourth-order valence-corrected chi connectivity index (χ4v) is 0.888. The van der Waals surface area contributed by atoms with Crippen LogP contribution in [0.3, 0.4) is 0 Å². The highest BCUT2D eigenvalue weighted by molar-refractivity contribution is 7.80. The molecule has 1 nitrogen and oxygen atoms in total. The molecule has 0 heterocycles. The summed E-state index contributed by atoms with van der Waals surface area (Å²) in [4.78, 5) is 2.98. The van der Waals surface area contributed by atoms with Crippen molar-refractivity contribution < 1.29 is 0 Å². The lowest BCUT2D eigenvalue weighted by molar-refractivity contribution is 0.578. The first kappa shape index (κ1) is 9.63. The first-order valence-electron chi connectivity index (χ1n) is 3.41. The quantitative estimate of drug-likeness (QED) is 0.456. The van der Waals surface area contributed by atoms with E-state index in [9.17, 15) is 0 Å². The highest BCUT2D eigenvalue weighted by atomic mass is 32.1. The summed E-state index contributed by atoms with van der Waals surface area (Å²) in [5.41, 5.74) is 0. The average Bonchev–Trinajstić information content (AvgIpc) is 1.87. The molecular weight excluding hydrogens is 142 g/mol. The smallest absolute Gasteiger partial charge is 0.0805 e. The second-order valence-electron chi connectivity index (χ2n) is 2.66. The first-order valence-corrected chi connectivity index (χ1v) is 3.82. The van der Waals surface area contributed by atoms with Crippen LogP contribution in [0.5, 0.6) is 0 Å². The Morgan fingerprint density at radius 2 is 2.20 bits per heavy atom. The van der Waals surface area contributed by atoms with Crippen LogP contribution in [-0.2, 0) is 0 Å². The van der Waals surface area contributed by atoms with E-state index in [0.717, 1.165) is 11.4 Å². The van der Waals surface area contributed by atoms with Gasteiger partial charge in [0.2, 0.25) is 0 Å². The van der Waals surface area contributed by atoms with Crippen LogP contribution < -0.4 is 0 Å². The summed E-state index contributed by atoms with van der Waals surface area (Å²) < 4.78 is 0. The van der Waals surface area contributed by atoms with Gasteiger partial charge in [0, 0.05) is 20.0 Å². The zero-order chi connectivity index (χ0) is 8.15. The minimum Gasteiger partial charge on any atom is -0.372 e. The summed E-state index contributed by atoms with van der Waals surface area (Å²) in [5, 5.41) is 0. The SMILES string of the molecule is C=CCC(C)C(=S)N(C)C. The van der Waals surface area contributed by atoms with Gasteiger partial charge in [-0.2, -0.15) is 0 Å². The molecule has 0 aliphatic rings. The fraction of sp³-hybridized carbons (Fsp3) is 0.625. The van der Waals surface area contributed by atoms with Gasteiger partial charge < -0.3 is 4.90 Å². The molecule has 0 bridgehead atoms. The molecule has 0 N–H and O–H groups in total. The maximum absolute atomic E-state index is 5.14. The van der Waals surface area contributed by atoms with Crippen LogP contribution in [0.2, 0.25) is 0 Å². The van der Waals surface area contributed by atoms with Gasteiger partial charge in [-0.25, -0.2) is 0 Å². The van der Waals surface area contributed by atoms with Gasteiger partial charge in [0.05, 0.1) is 4.99 Å². The Hall–Kier alpha value is -0.370. The Bertz CT molecular complexity index is 129. The van der Waals surface area contributed by atoms with Gasteiger partial charge in [0.15, 0.2) is 0 Å². The van der Waals surface area contributed by atoms with Crippen LogP contribution in [0, 0.1) is 5.92 Å². The standard InChI is InChI=1S/C8H15NS/c1-5-6-7(2)8(10)9(3)4/h5,7H,1,6H2,2-4H3. The highest BCUT2D eigenvalue weighted by Crippen LogP contribution is 2.06. The summed E-state index contributed by atoms with van der Waals surface area (Å²) in [6.07, 6.45) is 2.87. The second kappa shape index (κ2) is 4.45. The van der Waals surface area contributed by atoms with E-state index in [1.807, 2.05) is 25.1 Å². The van der Waals surface area contributed by atoms with Crippen molar-refractivity contribution in [2.24, 2.45) is 5.92 Å². The maximum Gasteiger partial charge on any atom is 0.0805 e. The maximum atomic E-state index is 5.14. The summed E-state index contributed by atoms with van der Waals surface area (Å²) in [7, 11) is 3.95. The first-order chi connectivity index (χ1) is 4.59. The molecule has 0 fully saturated rings. The van der Waals surface area contributed by atoms with Gasteiger partial charge in [-0.1, -0.05) is 25.2 Å². The van der Waals surface area contributed by atoms with Gasteiger partial charge in [0.1, 0.15) is 0 Å². The molecule has 0 aliphatic heterocycles. The van der Waals surface area contributed by atoms with Gasteiger partial charge in [-0.15, -0.1) is 6.58 Å². The van der Waals surface area contributed by atoms with Crippen molar-refractivity contribution in [2.45, 2.75) is 13.3 Å². The summed E-state index contributed by atoms with van der Waals surface area (Å²) >= 11 is 5.14. The third kappa shape index (κ3) is 2.97. The minimum atomic E-state index is 0.447. The molecule has 0 saturated heterocycles. The molecular formula is C8H15NS. The molecule has 0 aromatic heterocycles. The molecule has 1 unspecified atom stereocenters. The van der Waals surface area contributed by atoms with E-state index in [1.165, 1.54) is 0 Å². The summed E-state index contributed by atoms with van der Waals surface area (Å²) in [5.74, 6) is 0.447. The molecule has 58 valence electrons. The normalized spacial score (nSPS) is 12.3. The average molecular weight is 157 g/mol. The number of thiocarbonyl (C=S) groups is 1. The minimum absolute atomic E-state index is 0.447. The molecule has 10 heavy (non-hydrogen) atoms.